The molecule has 14 heteroatoms. The molecule has 3 aromatic carbocycles. The van der Waals surface area contributed by atoms with Crippen molar-refractivity contribution in [3.8, 4) is 16.9 Å². The first kappa shape index (κ1) is 32.6. The summed E-state index contributed by atoms with van der Waals surface area (Å²) in [6.45, 7) is -0.315. The number of hydrogen-bond acceptors (Lipinski definition) is 8. The minimum Gasteiger partial charge on any atom is -0.482 e. The number of nitrogens with zero attached hydrogens (tertiary/aromatic N) is 1. The van der Waals surface area contributed by atoms with Crippen LogP contribution < -0.4 is 4.74 Å². The molecule has 0 amide bonds. The van der Waals surface area contributed by atoms with Crippen molar-refractivity contribution >= 4 is 23.7 Å². The summed E-state index contributed by atoms with van der Waals surface area (Å²) >= 11 is -1.12. The van der Waals surface area contributed by atoms with Crippen LogP contribution in [0.15, 0.2) is 71.9 Å². The number of fused-ring (bicyclic) bond motifs is 3. The molecular formula is C31H27F6NO6S. The third-order valence-electron chi connectivity index (χ3n) is 7.53. The molecule has 5 rings (SSSR count). The normalized spacial score (nSPS) is 16.1. The van der Waals surface area contributed by atoms with E-state index in [0.717, 1.165) is 48.4 Å². The van der Waals surface area contributed by atoms with Crippen LogP contribution in [-0.2, 0) is 30.3 Å². The van der Waals surface area contributed by atoms with Gasteiger partial charge in [-0.3, -0.25) is 0 Å². The van der Waals surface area contributed by atoms with Crippen LogP contribution in [0.4, 0.5) is 26.3 Å². The fourth-order valence-corrected chi connectivity index (χ4v) is 5.77. The molecule has 0 aliphatic heterocycles. The Bertz CT molecular complexity index is 1510. The van der Waals surface area contributed by atoms with Crippen molar-refractivity contribution in [1.29, 1.82) is 0 Å². The summed E-state index contributed by atoms with van der Waals surface area (Å²) in [7, 11) is 0. The predicted octanol–water partition coefficient (Wildman–Crippen LogP) is 8.82. The Balaban J connectivity index is 1.22. The van der Waals surface area contributed by atoms with Gasteiger partial charge in [-0.1, -0.05) is 67.8 Å². The Morgan fingerprint density at radius 3 is 2.27 bits per heavy atom. The molecule has 2 aliphatic carbocycles. The van der Waals surface area contributed by atoms with Crippen molar-refractivity contribution in [2.45, 2.75) is 56.3 Å². The van der Waals surface area contributed by atoms with E-state index in [1.54, 1.807) is 18.2 Å². The Morgan fingerprint density at radius 1 is 0.889 bits per heavy atom. The summed E-state index contributed by atoms with van der Waals surface area (Å²) in [6.07, 6.45) is 0.182. The van der Waals surface area contributed by atoms with Gasteiger partial charge < -0.3 is 9.47 Å². The maximum absolute atomic E-state index is 13.7. The molecule has 0 heterocycles. The van der Waals surface area contributed by atoms with Gasteiger partial charge in [0.2, 0.25) is 0 Å². The Morgan fingerprint density at radius 2 is 1.58 bits per heavy atom. The van der Waals surface area contributed by atoms with Crippen LogP contribution in [0.3, 0.4) is 0 Å². The standard InChI is InChI=1S/C31H27F6NO6S/c32-30(33,34)29(38-42-43-44-45-31(35,36)37)21-11-13-25-22(15-21)16-23-17-24(12-14-26(23)25)40-18-27(39)41-28(19-7-3-1-4-8-19)20-9-5-2-6-10-20/h1,3-4,7-8,11-15,17,20,28H,2,5-6,9-10,16,18H2/b38-29-. The fourth-order valence-electron chi connectivity index (χ4n) is 5.64. The van der Waals surface area contributed by atoms with Crippen molar-refractivity contribution in [1.82, 2.24) is 0 Å². The van der Waals surface area contributed by atoms with E-state index in [-0.39, 0.29) is 25.0 Å². The zero-order valence-electron chi connectivity index (χ0n) is 23.5. The maximum atomic E-state index is 13.7. The van der Waals surface area contributed by atoms with E-state index in [0.29, 0.717) is 16.9 Å². The number of ether oxygens (including phenoxy) is 2. The number of hydrogen-bond donors (Lipinski definition) is 0. The van der Waals surface area contributed by atoms with E-state index < -0.39 is 41.0 Å². The second-order valence-corrected chi connectivity index (χ2v) is 11.3. The molecule has 240 valence electrons. The fraction of sp³-hybridized carbons (Fsp3) is 0.355. The Kier molecular flexibility index (Phi) is 10.2. The van der Waals surface area contributed by atoms with E-state index in [2.05, 4.69) is 19.5 Å². The van der Waals surface area contributed by atoms with Crippen LogP contribution in [0.5, 0.6) is 5.75 Å². The second-order valence-electron chi connectivity index (χ2n) is 10.6. The zero-order valence-corrected chi connectivity index (χ0v) is 24.3. The monoisotopic (exact) mass is 655 g/mol. The molecule has 0 radical (unpaired) electrons. The van der Waals surface area contributed by atoms with E-state index >= 15 is 0 Å². The van der Waals surface area contributed by atoms with Gasteiger partial charge in [-0.25, -0.2) is 4.79 Å². The Labute approximate surface area is 258 Å². The van der Waals surface area contributed by atoms with Crippen LogP contribution in [0.2, 0.25) is 0 Å². The number of rotatable bonds is 11. The van der Waals surface area contributed by atoms with Crippen LogP contribution in [0.25, 0.3) is 11.1 Å². The zero-order chi connectivity index (χ0) is 32.0. The average Bonchev–Trinajstić information content (AvgIpc) is 3.37. The highest BCUT2D eigenvalue weighted by molar-refractivity contribution is 7.95. The van der Waals surface area contributed by atoms with Crippen LogP contribution >= 0.6 is 12.0 Å². The molecule has 0 N–H and O–H groups in total. The van der Waals surface area contributed by atoms with Gasteiger partial charge in [0.05, 0.1) is 0 Å². The third kappa shape index (κ3) is 8.70. The lowest BCUT2D eigenvalue weighted by Gasteiger charge is -2.30. The number of oxime groups is 1. The van der Waals surface area contributed by atoms with Crippen molar-refractivity contribution in [2.24, 2.45) is 11.1 Å². The molecule has 3 aromatic rings. The number of halogens is 6. The van der Waals surface area contributed by atoms with E-state index in [4.69, 9.17) is 9.47 Å². The first-order valence-electron chi connectivity index (χ1n) is 14.0. The third-order valence-corrected chi connectivity index (χ3v) is 7.84. The number of benzene rings is 3. The molecule has 1 unspecified atom stereocenters. The molecular weight excluding hydrogens is 628 g/mol. The predicted molar refractivity (Wildman–Crippen MR) is 152 cm³/mol. The summed E-state index contributed by atoms with van der Waals surface area (Å²) in [6, 6.07) is 18.7. The molecule has 0 spiro atoms. The van der Waals surface area contributed by atoms with Gasteiger partial charge in [-0.15, -0.1) is 4.33 Å². The lowest BCUT2D eigenvalue weighted by Crippen LogP contribution is -2.24. The molecule has 1 atom stereocenters. The highest BCUT2D eigenvalue weighted by Gasteiger charge is 2.39. The summed E-state index contributed by atoms with van der Waals surface area (Å²) < 4.78 is 92.4. The molecule has 1 saturated carbocycles. The van der Waals surface area contributed by atoms with Crippen molar-refractivity contribution < 1.29 is 55.0 Å². The van der Waals surface area contributed by atoms with Gasteiger partial charge >= 0.3 is 17.7 Å². The summed E-state index contributed by atoms with van der Waals surface area (Å²) in [5.74, 6) is 0.125. The van der Waals surface area contributed by atoms with Crippen LogP contribution in [-0.4, -0.2) is 30.0 Å². The number of carbonyl (C=O) groups excluding carboxylic acids is 1. The van der Waals surface area contributed by atoms with E-state index in [1.165, 1.54) is 18.6 Å². The van der Waals surface area contributed by atoms with Gasteiger partial charge in [0.25, 0.3) is 0 Å². The smallest absolute Gasteiger partial charge is 0.471 e. The minimum atomic E-state index is -5.02. The molecule has 7 nitrogen and oxygen atoms in total. The topological polar surface area (TPSA) is 75.6 Å². The highest BCUT2D eigenvalue weighted by atomic mass is 32.2. The SMILES string of the molecule is O=C(COc1ccc2c(c1)Cc1cc(/C(=N/OOOSC(F)(F)F)C(F)(F)F)ccc1-2)OC(c1ccccc1)C1CCCCC1. The summed E-state index contributed by atoms with van der Waals surface area (Å²) in [4.78, 5) is 16.7. The molecule has 45 heavy (non-hydrogen) atoms. The summed E-state index contributed by atoms with van der Waals surface area (Å²) in [5.41, 5.74) is -3.09. The maximum Gasteiger partial charge on any atom is 0.471 e. The molecule has 1 fully saturated rings. The Hall–Kier alpha value is -3.75. The number of esters is 1. The van der Waals surface area contributed by atoms with Crippen molar-refractivity contribution in [2.75, 3.05) is 6.61 Å². The first-order chi connectivity index (χ1) is 21.5. The van der Waals surface area contributed by atoms with Crippen molar-refractivity contribution in [3.05, 3.63) is 89.0 Å². The lowest BCUT2D eigenvalue weighted by atomic mass is 9.82. The number of alkyl halides is 6. The highest BCUT2D eigenvalue weighted by Crippen LogP contribution is 2.40. The van der Waals surface area contributed by atoms with Gasteiger partial charge in [-0.05, 0) is 70.4 Å². The average molecular weight is 656 g/mol. The molecule has 0 bridgehead atoms. The lowest BCUT2D eigenvalue weighted by molar-refractivity contribution is -0.464. The second kappa shape index (κ2) is 14.1. The minimum absolute atomic E-state index is 0.234. The summed E-state index contributed by atoms with van der Waals surface area (Å²) in [5, 5.41) is 6.42. The molecule has 0 saturated heterocycles. The first-order valence-corrected chi connectivity index (χ1v) is 14.8. The van der Waals surface area contributed by atoms with E-state index in [1.807, 2.05) is 30.3 Å². The quantitative estimate of drug-likeness (QED) is 0.0304. The largest absolute Gasteiger partial charge is 0.482 e. The van der Waals surface area contributed by atoms with Gasteiger partial charge in [0.1, 0.15) is 23.9 Å². The van der Waals surface area contributed by atoms with Crippen LogP contribution in [0, 0.1) is 5.92 Å². The van der Waals surface area contributed by atoms with Crippen molar-refractivity contribution in [3.63, 3.8) is 0 Å². The van der Waals surface area contributed by atoms with Crippen LogP contribution in [0.1, 0.15) is 60.5 Å². The van der Waals surface area contributed by atoms with E-state index in [9.17, 15) is 31.1 Å². The molecule has 2 aliphatic rings. The van der Waals surface area contributed by atoms with Gasteiger partial charge in [-0.2, -0.15) is 31.3 Å². The van der Waals surface area contributed by atoms with Gasteiger partial charge in [0, 0.05) is 16.5 Å². The van der Waals surface area contributed by atoms with Gasteiger partial charge in [0.15, 0.2) is 12.3 Å². The number of carbonyl (C=O) groups is 1. The molecule has 0 aromatic heterocycles.